The fraction of sp³-hybridized carbons (Fsp3) is 0.500. The monoisotopic (exact) mass is 226 g/mol. The summed E-state index contributed by atoms with van der Waals surface area (Å²) in [6.07, 6.45) is 3.17. The zero-order valence-electron chi connectivity index (χ0n) is 9.06. The summed E-state index contributed by atoms with van der Waals surface area (Å²) in [5.74, 6) is 0. The number of rotatable bonds is 0. The second-order valence-corrected chi connectivity index (χ2v) is 6.53. The summed E-state index contributed by atoms with van der Waals surface area (Å²) in [4.78, 5) is 4.39. The average molecular weight is 226 g/mol. The summed E-state index contributed by atoms with van der Waals surface area (Å²) in [7, 11) is -1.69. The van der Waals surface area contributed by atoms with Crippen molar-refractivity contribution in [3.8, 4) is 0 Å². The first-order valence-electron chi connectivity index (χ1n) is 4.76. The molecule has 2 heterocycles. The molecule has 0 atom stereocenters. The van der Waals surface area contributed by atoms with E-state index >= 15 is 0 Å². The maximum Gasteiger partial charge on any atom is 0.243 e. The molecule has 0 aliphatic carbocycles. The SMILES string of the molecule is CN1CC(C)(C)c2cnccc2S1(=O)=O. The van der Waals surface area contributed by atoms with Crippen LogP contribution >= 0.6 is 0 Å². The molecule has 0 saturated heterocycles. The molecule has 0 bridgehead atoms. The number of pyridine rings is 1. The number of nitrogens with zero attached hydrogens (tertiary/aromatic N) is 2. The van der Waals surface area contributed by atoms with Crippen molar-refractivity contribution in [2.45, 2.75) is 24.2 Å². The lowest BCUT2D eigenvalue weighted by molar-refractivity contribution is 0.349. The molecule has 1 aliphatic heterocycles. The summed E-state index contributed by atoms with van der Waals surface area (Å²) in [6, 6.07) is 1.57. The molecule has 0 unspecified atom stereocenters. The van der Waals surface area contributed by atoms with Crippen LogP contribution in [0.25, 0.3) is 0 Å². The number of sulfonamides is 1. The van der Waals surface area contributed by atoms with Gasteiger partial charge in [-0.3, -0.25) is 4.98 Å². The van der Waals surface area contributed by atoms with Crippen LogP contribution in [-0.4, -0.2) is 31.3 Å². The van der Waals surface area contributed by atoms with Crippen LogP contribution in [0.15, 0.2) is 23.4 Å². The Morgan fingerprint density at radius 1 is 1.47 bits per heavy atom. The number of hydrogen-bond donors (Lipinski definition) is 0. The quantitative estimate of drug-likeness (QED) is 0.663. The molecule has 0 saturated carbocycles. The first-order valence-corrected chi connectivity index (χ1v) is 6.20. The summed E-state index contributed by atoms with van der Waals surface area (Å²) < 4.78 is 25.4. The van der Waals surface area contributed by atoms with Gasteiger partial charge in [-0.15, -0.1) is 0 Å². The smallest absolute Gasteiger partial charge is 0.243 e. The van der Waals surface area contributed by atoms with Gasteiger partial charge < -0.3 is 0 Å². The van der Waals surface area contributed by atoms with E-state index in [1.807, 2.05) is 13.8 Å². The molecule has 1 aromatic rings. The van der Waals surface area contributed by atoms with E-state index in [1.165, 1.54) is 10.5 Å². The lowest BCUT2D eigenvalue weighted by Crippen LogP contribution is -2.44. The number of fused-ring (bicyclic) bond motifs is 1. The average Bonchev–Trinajstić information content (AvgIpc) is 2.15. The largest absolute Gasteiger partial charge is 0.264 e. The third kappa shape index (κ3) is 1.46. The predicted molar refractivity (Wildman–Crippen MR) is 57.1 cm³/mol. The normalized spacial score (nSPS) is 23.4. The lowest BCUT2D eigenvalue weighted by Gasteiger charge is -2.36. The van der Waals surface area contributed by atoms with Crippen molar-refractivity contribution in [2.24, 2.45) is 0 Å². The standard InChI is InChI=1S/C10H14N2O2S/c1-10(2)7-12(3)15(13,14)9-4-5-11-6-8(9)10/h4-6H,7H2,1-3H3. The third-order valence-corrected chi connectivity index (χ3v) is 4.68. The van der Waals surface area contributed by atoms with E-state index in [0.717, 1.165) is 5.56 Å². The van der Waals surface area contributed by atoms with Gasteiger partial charge in [0.2, 0.25) is 10.0 Å². The van der Waals surface area contributed by atoms with Crippen molar-refractivity contribution in [1.82, 2.24) is 9.29 Å². The number of hydrogen-bond acceptors (Lipinski definition) is 3. The van der Waals surface area contributed by atoms with E-state index in [-0.39, 0.29) is 5.41 Å². The van der Waals surface area contributed by atoms with Crippen LogP contribution in [0.1, 0.15) is 19.4 Å². The Bertz CT molecular complexity index is 494. The molecule has 15 heavy (non-hydrogen) atoms. The Hall–Kier alpha value is -0.940. The number of likely N-dealkylation sites (N-methyl/N-ethyl adjacent to an activating group) is 1. The van der Waals surface area contributed by atoms with Gasteiger partial charge in [0, 0.05) is 31.4 Å². The highest BCUT2D eigenvalue weighted by molar-refractivity contribution is 7.89. The molecule has 0 spiro atoms. The topological polar surface area (TPSA) is 50.3 Å². The van der Waals surface area contributed by atoms with Crippen LogP contribution in [0.3, 0.4) is 0 Å². The second kappa shape index (κ2) is 3.02. The molecular weight excluding hydrogens is 212 g/mol. The van der Waals surface area contributed by atoms with E-state index < -0.39 is 10.0 Å². The minimum atomic E-state index is -3.30. The lowest BCUT2D eigenvalue weighted by atomic mass is 9.85. The van der Waals surface area contributed by atoms with E-state index in [9.17, 15) is 8.42 Å². The number of aromatic nitrogens is 1. The summed E-state index contributed by atoms with van der Waals surface area (Å²) >= 11 is 0. The fourth-order valence-electron chi connectivity index (χ4n) is 2.01. The molecular formula is C10H14N2O2S. The highest BCUT2D eigenvalue weighted by atomic mass is 32.2. The van der Waals surface area contributed by atoms with Crippen molar-refractivity contribution in [3.63, 3.8) is 0 Å². The van der Waals surface area contributed by atoms with Crippen LogP contribution in [0.5, 0.6) is 0 Å². The van der Waals surface area contributed by atoms with Gasteiger partial charge in [0.05, 0.1) is 4.90 Å². The van der Waals surface area contributed by atoms with Crippen LogP contribution in [0.2, 0.25) is 0 Å². The van der Waals surface area contributed by atoms with Gasteiger partial charge in [0.15, 0.2) is 0 Å². The molecule has 0 radical (unpaired) electrons. The van der Waals surface area contributed by atoms with Gasteiger partial charge >= 0.3 is 0 Å². The van der Waals surface area contributed by atoms with Gasteiger partial charge in [0.1, 0.15) is 0 Å². The Morgan fingerprint density at radius 2 is 2.13 bits per heavy atom. The fourth-order valence-corrected chi connectivity index (χ4v) is 3.68. The highest BCUT2D eigenvalue weighted by Gasteiger charge is 2.39. The maximum absolute atomic E-state index is 12.0. The zero-order chi connectivity index (χ0) is 11.3. The van der Waals surface area contributed by atoms with E-state index in [2.05, 4.69) is 4.98 Å². The first-order chi connectivity index (χ1) is 6.86. The summed E-state index contributed by atoms with van der Waals surface area (Å²) in [5.41, 5.74) is 0.632. The van der Waals surface area contributed by atoms with E-state index in [1.54, 1.807) is 19.3 Å². The van der Waals surface area contributed by atoms with Crippen LogP contribution in [0.4, 0.5) is 0 Å². The molecule has 5 heteroatoms. The molecule has 0 N–H and O–H groups in total. The predicted octanol–water partition coefficient (Wildman–Crippen LogP) is 0.993. The Labute approximate surface area is 90.0 Å². The Morgan fingerprint density at radius 3 is 2.80 bits per heavy atom. The highest BCUT2D eigenvalue weighted by Crippen LogP contribution is 2.35. The van der Waals surface area contributed by atoms with Gasteiger partial charge in [-0.05, 0) is 11.6 Å². The Balaban J connectivity index is 2.76. The zero-order valence-corrected chi connectivity index (χ0v) is 9.87. The molecule has 1 aromatic heterocycles. The molecule has 2 rings (SSSR count). The van der Waals surface area contributed by atoms with Crippen LogP contribution in [0, 0.1) is 0 Å². The van der Waals surface area contributed by atoms with Crippen molar-refractivity contribution in [3.05, 3.63) is 24.0 Å². The molecule has 0 amide bonds. The molecule has 82 valence electrons. The molecule has 4 nitrogen and oxygen atoms in total. The maximum atomic E-state index is 12.0. The summed E-state index contributed by atoms with van der Waals surface area (Å²) in [6.45, 7) is 4.55. The van der Waals surface area contributed by atoms with Crippen LogP contribution in [-0.2, 0) is 15.4 Å². The van der Waals surface area contributed by atoms with E-state index in [0.29, 0.717) is 11.4 Å². The third-order valence-electron chi connectivity index (χ3n) is 2.82. The van der Waals surface area contributed by atoms with Crippen LogP contribution < -0.4 is 0 Å². The second-order valence-electron chi connectivity index (χ2n) is 4.52. The van der Waals surface area contributed by atoms with Gasteiger partial charge in [-0.25, -0.2) is 12.7 Å². The minimum absolute atomic E-state index is 0.177. The van der Waals surface area contributed by atoms with Gasteiger partial charge in [-0.1, -0.05) is 13.8 Å². The van der Waals surface area contributed by atoms with Crippen molar-refractivity contribution < 1.29 is 8.42 Å². The van der Waals surface area contributed by atoms with Crippen molar-refractivity contribution in [2.75, 3.05) is 13.6 Å². The van der Waals surface area contributed by atoms with Gasteiger partial charge in [-0.2, -0.15) is 0 Å². The molecule has 0 fully saturated rings. The van der Waals surface area contributed by atoms with Crippen molar-refractivity contribution in [1.29, 1.82) is 0 Å². The molecule has 0 aromatic carbocycles. The van der Waals surface area contributed by atoms with Crippen molar-refractivity contribution >= 4 is 10.0 Å². The Kier molecular flexibility index (Phi) is 2.13. The minimum Gasteiger partial charge on any atom is -0.264 e. The van der Waals surface area contributed by atoms with E-state index in [4.69, 9.17) is 0 Å². The van der Waals surface area contributed by atoms with Gasteiger partial charge in [0.25, 0.3) is 0 Å². The molecule has 1 aliphatic rings. The summed E-state index contributed by atoms with van der Waals surface area (Å²) in [5, 5.41) is 0. The first kappa shape index (κ1) is 10.6.